The molecule has 0 bridgehead atoms. The Kier molecular flexibility index (Phi) is 104. The first-order chi connectivity index (χ1) is 0. The summed E-state index contributed by atoms with van der Waals surface area (Å²) in [4.78, 5) is 0. The van der Waals surface area contributed by atoms with Gasteiger partial charge in [-0.25, -0.2) is 0 Å². The van der Waals surface area contributed by atoms with E-state index in [1.807, 2.05) is 0 Å². The first-order valence-corrected chi connectivity index (χ1v) is 0. The maximum absolute atomic E-state index is 0. The molecule has 0 saturated carbocycles. The van der Waals surface area contributed by atoms with Gasteiger partial charge in [-0.1, -0.05) is 0 Å². The van der Waals surface area contributed by atoms with Gasteiger partial charge < -0.3 is 71.9 Å². The van der Waals surface area contributed by atoms with Crippen LogP contribution in [0.3, 0.4) is 0 Å². The van der Waals surface area contributed by atoms with Crippen LogP contribution in [0.25, 0.3) is 0 Å². The predicted octanol–water partition coefficient (Wildman–Crippen LogP) is -8.99. The van der Waals surface area contributed by atoms with E-state index in [1.54, 1.807) is 0 Å². The molecule has 0 aliphatic rings. The molecule has 0 fully saturated rings. The quantitative estimate of drug-likeness (QED) is 0.239. The summed E-state index contributed by atoms with van der Waals surface area (Å²) in [7, 11) is 0. The molecule has 0 rings (SSSR count). The van der Waals surface area contributed by atoms with Gasteiger partial charge in [-0.2, -0.15) is 0 Å². The molecule has 0 nitrogen and oxygen atoms in total. The van der Waals surface area contributed by atoms with Gasteiger partial charge in [-0.15, -0.1) is 0 Å². The van der Waals surface area contributed by atoms with Crippen LogP contribution < -0.4 is 71.9 Å². The van der Waals surface area contributed by atoms with Crippen LogP contribution in [0, 0.1) is 39.9 Å². The van der Waals surface area contributed by atoms with Gasteiger partial charge in [0.15, 0.2) is 0 Å². The van der Waals surface area contributed by atoms with Crippen LogP contribution in [0.2, 0.25) is 0 Å². The second kappa shape index (κ2) is 16.0. The molecule has 4 heteroatoms. The van der Waals surface area contributed by atoms with Crippen molar-refractivity contribution in [2.75, 3.05) is 0 Å². The van der Waals surface area contributed by atoms with Crippen LogP contribution in [0.5, 0.6) is 0 Å². The average molecular weight is 613 g/mol. The molecule has 0 N–H and O–H groups in total. The Bertz CT molecular complexity index is 3.25. The van der Waals surface area contributed by atoms with Crippen LogP contribution in [-0.2, 0) is 0 Å². The van der Waals surface area contributed by atoms with Gasteiger partial charge in [-0.05, 0) is 0 Å². The van der Waals surface area contributed by atoms with Crippen molar-refractivity contribution < 1.29 is 112 Å². The normalized spacial score (nSPS) is 0. The molecule has 0 aliphatic carbocycles. The summed E-state index contributed by atoms with van der Waals surface area (Å²) in [5.41, 5.74) is 0. The Labute approximate surface area is 109 Å². The Morgan fingerprint density at radius 1 is 0.500 bits per heavy atom. The van der Waals surface area contributed by atoms with Gasteiger partial charge in [0.25, 0.3) is 0 Å². The van der Waals surface area contributed by atoms with E-state index in [9.17, 15) is 0 Å². The van der Waals surface area contributed by atoms with Crippen molar-refractivity contribution in [1.82, 2.24) is 0 Å². The smallest absolute Gasteiger partial charge is 0 e. The molecule has 0 saturated heterocycles. The third-order valence-electron chi connectivity index (χ3n) is 0. The molecule has 0 unspecified atom stereocenters. The topological polar surface area (TPSA) is 0 Å². The summed E-state index contributed by atoms with van der Waals surface area (Å²) in [5.74, 6) is 0. The number of hydrogen-bond donors (Lipinski definition) is 0. The number of rotatable bonds is 0. The molecule has 0 atom stereocenters. The van der Waals surface area contributed by atoms with Gasteiger partial charge in [0.2, 0.25) is 0 Å². The zero-order valence-electron chi connectivity index (χ0n) is 1.63. The van der Waals surface area contributed by atoms with Crippen molar-refractivity contribution in [2.24, 2.45) is 0 Å². The SMILES string of the molecule is [I-].[I-].[I-].[Th]. The minimum atomic E-state index is 0. The molecular weight excluding hydrogens is 613 g/mol. The molecule has 0 aromatic heterocycles. The first kappa shape index (κ1) is 25.8. The third kappa shape index (κ3) is 9.10. The minimum absolute atomic E-state index is 0. The van der Waals surface area contributed by atoms with E-state index in [1.165, 1.54) is 0 Å². The molecule has 4 heavy (non-hydrogen) atoms. The number of hydrogen-bond acceptors (Lipinski definition) is 0. The Hall–Kier alpha value is 3.51. The van der Waals surface area contributed by atoms with E-state index < -0.39 is 0 Å². The van der Waals surface area contributed by atoms with Gasteiger partial charge in [0.05, 0.1) is 0 Å². The van der Waals surface area contributed by atoms with E-state index in [-0.39, 0.29) is 112 Å². The molecule has 0 aliphatic heterocycles. The molecule has 28 valence electrons. The Morgan fingerprint density at radius 3 is 0.500 bits per heavy atom. The predicted molar refractivity (Wildman–Crippen MR) is 0 cm³/mol. The molecule has 0 heterocycles. The van der Waals surface area contributed by atoms with Crippen molar-refractivity contribution >= 4 is 0 Å². The van der Waals surface area contributed by atoms with Crippen LogP contribution in [0.4, 0.5) is 0 Å². The fourth-order valence-corrected chi connectivity index (χ4v) is 0. The third-order valence-corrected chi connectivity index (χ3v) is 0. The van der Waals surface area contributed by atoms with Crippen molar-refractivity contribution in [3.63, 3.8) is 0 Å². The molecule has 0 spiro atoms. The van der Waals surface area contributed by atoms with Crippen LogP contribution in [0.15, 0.2) is 0 Å². The average Bonchev–Trinajstić information content (AvgIpc) is 0. The monoisotopic (exact) mass is 613 g/mol. The fraction of sp³-hybridized carbons (Fsp3) is 0. The van der Waals surface area contributed by atoms with E-state index in [4.69, 9.17) is 0 Å². The molecule has 0 amide bonds. The Balaban J connectivity index is 0. The van der Waals surface area contributed by atoms with E-state index in [2.05, 4.69) is 0 Å². The molecular formula is I3Th-3. The summed E-state index contributed by atoms with van der Waals surface area (Å²) in [6, 6.07) is 0. The van der Waals surface area contributed by atoms with Gasteiger partial charge in [-0.3, -0.25) is 0 Å². The van der Waals surface area contributed by atoms with Gasteiger partial charge >= 0.3 is 0 Å². The first-order valence-electron chi connectivity index (χ1n) is 0. The van der Waals surface area contributed by atoms with Crippen molar-refractivity contribution in [1.29, 1.82) is 0 Å². The van der Waals surface area contributed by atoms with Crippen LogP contribution >= 0.6 is 0 Å². The van der Waals surface area contributed by atoms with E-state index in [0.29, 0.717) is 0 Å². The van der Waals surface area contributed by atoms with E-state index >= 15 is 0 Å². The van der Waals surface area contributed by atoms with Crippen LogP contribution in [-0.4, -0.2) is 0 Å². The maximum Gasteiger partial charge on any atom is 0 e. The largest absolute Gasteiger partial charge is 1.00 e. The van der Waals surface area contributed by atoms with Crippen molar-refractivity contribution in [3.8, 4) is 0 Å². The summed E-state index contributed by atoms with van der Waals surface area (Å²) < 4.78 is 0. The van der Waals surface area contributed by atoms with Crippen LogP contribution in [0.1, 0.15) is 0 Å². The summed E-state index contributed by atoms with van der Waals surface area (Å²) in [6.45, 7) is 0. The molecule has 0 radical (unpaired) electrons. The zero-order chi connectivity index (χ0) is 0. The summed E-state index contributed by atoms with van der Waals surface area (Å²) in [6.07, 6.45) is 0. The number of halogens is 3. The van der Waals surface area contributed by atoms with Crippen molar-refractivity contribution in [3.05, 3.63) is 0 Å². The van der Waals surface area contributed by atoms with Crippen molar-refractivity contribution in [2.45, 2.75) is 0 Å². The summed E-state index contributed by atoms with van der Waals surface area (Å²) in [5, 5.41) is 0. The van der Waals surface area contributed by atoms with E-state index in [0.717, 1.165) is 0 Å². The fourth-order valence-electron chi connectivity index (χ4n) is 0. The second-order valence-electron chi connectivity index (χ2n) is 0. The molecule has 0 aromatic rings. The van der Waals surface area contributed by atoms with Gasteiger partial charge in [0.1, 0.15) is 0 Å². The second-order valence-corrected chi connectivity index (χ2v) is 0. The maximum atomic E-state index is 0. The minimum Gasteiger partial charge on any atom is -1.00 e. The Morgan fingerprint density at radius 2 is 0.500 bits per heavy atom. The zero-order valence-corrected chi connectivity index (χ0v) is 12.2. The summed E-state index contributed by atoms with van der Waals surface area (Å²) >= 11 is 0. The molecule has 0 aromatic carbocycles. The standard InChI is InChI=1S/3HI.Th/h3*1H;/p-3. The van der Waals surface area contributed by atoms with Gasteiger partial charge in [0, 0.05) is 39.9 Å².